The van der Waals surface area contributed by atoms with Crippen molar-refractivity contribution < 1.29 is 19.2 Å². The molecule has 1 amide bonds. The highest BCUT2D eigenvalue weighted by molar-refractivity contribution is 6.07. The van der Waals surface area contributed by atoms with Gasteiger partial charge in [0.25, 0.3) is 5.91 Å². The Labute approximate surface area is 134 Å². The van der Waals surface area contributed by atoms with Crippen LogP contribution >= 0.6 is 0 Å². The van der Waals surface area contributed by atoms with Crippen LogP contribution in [0.3, 0.4) is 0 Å². The molecule has 0 aliphatic carbocycles. The van der Waals surface area contributed by atoms with Crippen molar-refractivity contribution in [2.75, 3.05) is 5.32 Å². The molecule has 2 heterocycles. The number of aromatic hydroxyl groups is 1. The lowest BCUT2D eigenvalue weighted by Gasteiger charge is -2.17. The summed E-state index contributed by atoms with van der Waals surface area (Å²) in [6, 6.07) is 3.43. The number of aromatic nitrogens is 1. The second-order valence-corrected chi connectivity index (χ2v) is 6.36. The van der Waals surface area contributed by atoms with E-state index in [1.54, 1.807) is 13.0 Å². The number of fused-ring (bicyclic) bond motifs is 1. The molecule has 1 aromatic carbocycles. The fourth-order valence-corrected chi connectivity index (χ4v) is 2.82. The van der Waals surface area contributed by atoms with Gasteiger partial charge >= 0.3 is 0 Å². The highest BCUT2D eigenvalue weighted by atomic mass is 16.5. The first-order valence-electron chi connectivity index (χ1n) is 7.62. The number of phenols is 1. The number of hydrogen-bond donors (Lipinski definition) is 2. The predicted octanol–water partition coefficient (Wildman–Crippen LogP) is 3.22. The van der Waals surface area contributed by atoms with Crippen molar-refractivity contribution >= 4 is 11.6 Å². The van der Waals surface area contributed by atoms with Crippen molar-refractivity contribution in [3.8, 4) is 11.5 Å². The number of nitrogens with one attached hydrogen (secondary N) is 1. The van der Waals surface area contributed by atoms with Gasteiger partial charge in [-0.05, 0) is 26.8 Å². The number of aryl methyl sites for hydroxylation is 2. The number of benzene rings is 1. The first-order valence-corrected chi connectivity index (χ1v) is 7.62. The zero-order valence-electron chi connectivity index (χ0n) is 13.7. The molecule has 0 bridgehead atoms. The van der Waals surface area contributed by atoms with Crippen molar-refractivity contribution in [1.82, 2.24) is 5.16 Å². The van der Waals surface area contributed by atoms with Crippen molar-refractivity contribution in [3.05, 3.63) is 34.7 Å². The molecule has 0 fully saturated rings. The van der Waals surface area contributed by atoms with Crippen LogP contribution in [0.15, 0.2) is 16.7 Å². The Morgan fingerprint density at radius 1 is 1.43 bits per heavy atom. The van der Waals surface area contributed by atoms with Gasteiger partial charge in [0.2, 0.25) is 0 Å². The molecule has 0 atom stereocenters. The van der Waals surface area contributed by atoms with Crippen LogP contribution < -0.4 is 10.1 Å². The highest BCUT2D eigenvalue weighted by Crippen LogP contribution is 2.43. The second-order valence-electron chi connectivity index (χ2n) is 6.36. The molecule has 0 radical (unpaired) electrons. The summed E-state index contributed by atoms with van der Waals surface area (Å²) in [5.74, 6) is 0.451. The summed E-state index contributed by atoms with van der Waals surface area (Å²) in [6.45, 7) is 7.56. The van der Waals surface area contributed by atoms with E-state index in [9.17, 15) is 9.90 Å². The molecule has 0 spiro atoms. The molecule has 2 N–H and O–H groups in total. The summed E-state index contributed by atoms with van der Waals surface area (Å²) in [7, 11) is 0. The molecule has 2 aromatic rings. The van der Waals surface area contributed by atoms with Crippen LogP contribution in [0.2, 0.25) is 0 Å². The Kier molecular flexibility index (Phi) is 3.55. The van der Waals surface area contributed by atoms with Crippen LogP contribution in [0.1, 0.15) is 48.1 Å². The zero-order chi connectivity index (χ0) is 16.8. The first-order chi connectivity index (χ1) is 10.8. The Morgan fingerprint density at radius 3 is 2.87 bits per heavy atom. The number of rotatable bonds is 3. The minimum atomic E-state index is -0.417. The Hall–Kier alpha value is -2.50. The summed E-state index contributed by atoms with van der Waals surface area (Å²) in [6.07, 6.45) is 1.31. The Bertz CT molecular complexity index is 777. The molecule has 122 valence electrons. The van der Waals surface area contributed by atoms with Crippen LogP contribution in [0, 0.1) is 6.92 Å². The molecule has 0 saturated heterocycles. The van der Waals surface area contributed by atoms with Crippen LogP contribution in [-0.4, -0.2) is 21.8 Å². The van der Waals surface area contributed by atoms with Gasteiger partial charge < -0.3 is 19.7 Å². The summed E-state index contributed by atoms with van der Waals surface area (Å²) in [5.41, 5.74) is 1.85. The van der Waals surface area contributed by atoms with Gasteiger partial charge in [0.15, 0.2) is 17.3 Å². The molecule has 1 aliphatic rings. The maximum Gasteiger partial charge on any atom is 0.259 e. The fourth-order valence-electron chi connectivity index (χ4n) is 2.82. The molecule has 1 aromatic heterocycles. The molecule has 0 saturated carbocycles. The monoisotopic (exact) mass is 316 g/mol. The van der Waals surface area contributed by atoms with Crippen LogP contribution in [0.4, 0.5) is 5.69 Å². The zero-order valence-corrected chi connectivity index (χ0v) is 13.7. The summed E-state index contributed by atoms with van der Waals surface area (Å²) in [4.78, 5) is 12.5. The Balaban J connectivity index is 1.91. The lowest BCUT2D eigenvalue weighted by atomic mass is 10.0. The van der Waals surface area contributed by atoms with E-state index in [-0.39, 0.29) is 16.9 Å². The van der Waals surface area contributed by atoms with Crippen molar-refractivity contribution in [1.29, 1.82) is 0 Å². The minimum Gasteiger partial charge on any atom is -0.504 e. The number of hydrogen-bond acceptors (Lipinski definition) is 5. The quantitative estimate of drug-likeness (QED) is 0.908. The summed E-state index contributed by atoms with van der Waals surface area (Å²) < 4.78 is 10.9. The van der Waals surface area contributed by atoms with E-state index in [2.05, 4.69) is 10.5 Å². The van der Waals surface area contributed by atoms with Gasteiger partial charge in [-0.25, -0.2) is 0 Å². The van der Waals surface area contributed by atoms with E-state index in [4.69, 9.17) is 9.26 Å². The van der Waals surface area contributed by atoms with E-state index < -0.39 is 5.91 Å². The molecule has 23 heavy (non-hydrogen) atoms. The summed E-state index contributed by atoms with van der Waals surface area (Å²) in [5, 5.41) is 17.0. The van der Waals surface area contributed by atoms with Gasteiger partial charge in [-0.3, -0.25) is 4.79 Å². The minimum absolute atomic E-state index is 0.127. The number of amides is 1. The third-order valence-electron chi connectivity index (χ3n) is 3.95. The van der Waals surface area contributed by atoms with E-state index in [1.807, 2.05) is 26.8 Å². The summed E-state index contributed by atoms with van der Waals surface area (Å²) >= 11 is 0. The van der Waals surface area contributed by atoms with Gasteiger partial charge in [0.1, 0.15) is 17.0 Å². The van der Waals surface area contributed by atoms with Crippen molar-refractivity contribution in [3.63, 3.8) is 0 Å². The number of carbonyl (C=O) groups excluding carboxylic acids is 1. The fraction of sp³-hybridized carbons (Fsp3) is 0.412. The third-order valence-corrected chi connectivity index (χ3v) is 3.95. The van der Waals surface area contributed by atoms with E-state index in [1.165, 1.54) is 0 Å². The lowest BCUT2D eigenvalue weighted by molar-refractivity contribution is 0.102. The van der Waals surface area contributed by atoms with Gasteiger partial charge in [-0.1, -0.05) is 18.1 Å². The van der Waals surface area contributed by atoms with Crippen LogP contribution in [0.25, 0.3) is 0 Å². The maximum absolute atomic E-state index is 12.5. The Morgan fingerprint density at radius 2 is 2.17 bits per heavy atom. The van der Waals surface area contributed by atoms with Crippen LogP contribution in [-0.2, 0) is 12.8 Å². The molecule has 6 nitrogen and oxygen atoms in total. The van der Waals surface area contributed by atoms with Gasteiger partial charge in [0.05, 0.1) is 5.56 Å². The molecule has 6 heteroatoms. The number of anilines is 1. The normalized spacial score (nSPS) is 15.1. The van der Waals surface area contributed by atoms with Gasteiger partial charge in [-0.2, -0.15) is 0 Å². The number of nitrogens with zero attached hydrogens (tertiary/aromatic N) is 1. The predicted molar refractivity (Wildman–Crippen MR) is 85.1 cm³/mol. The number of carbonyl (C=O) groups is 1. The standard InChI is InChI=1S/C17H20N2O4/c1-5-12-13(9(2)19-23-12)18-16(21)11-7-6-10-8-17(3,4)22-15(10)14(11)20/h6-7,20H,5,8H2,1-4H3,(H,18,21). The van der Waals surface area contributed by atoms with E-state index >= 15 is 0 Å². The topological polar surface area (TPSA) is 84.6 Å². The van der Waals surface area contributed by atoms with Crippen molar-refractivity contribution in [2.45, 2.75) is 46.1 Å². The third kappa shape index (κ3) is 2.65. The highest BCUT2D eigenvalue weighted by Gasteiger charge is 2.34. The van der Waals surface area contributed by atoms with Gasteiger partial charge in [-0.15, -0.1) is 0 Å². The number of ether oxygens (including phenoxy) is 1. The first kappa shape index (κ1) is 15.4. The van der Waals surface area contributed by atoms with Crippen LogP contribution in [0.5, 0.6) is 11.5 Å². The molecular formula is C17H20N2O4. The van der Waals surface area contributed by atoms with Crippen molar-refractivity contribution in [2.24, 2.45) is 0 Å². The largest absolute Gasteiger partial charge is 0.504 e. The average molecular weight is 316 g/mol. The molecule has 1 aliphatic heterocycles. The van der Waals surface area contributed by atoms with E-state index in [0.717, 1.165) is 5.56 Å². The second kappa shape index (κ2) is 5.30. The number of phenolic OH excluding ortho intramolecular Hbond substituents is 1. The smallest absolute Gasteiger partial charge is 0.259 e. The lowest BCUT2D eigenvalue weighted by Crippen LogP contribution is -2.24. The molecule has 3 rings (SSSR count). The van der Waals surface area contributed by atoms with E-state index in [0.29, 0.717) is 35.7 Å². The average Bonchev–Trinajstić information content (AvgIpc) is 2.99. The van der Waals surface area contributed by atoms with Gasteiger partial charge in [0, 0.05) is 18.4 Å². The SMILES string of the molecule is CCc1onc(C)c1NC(=O)c1ccc2c(c1O)OC(C)(C)C2. The molecular weight excluding hydrogens is 296 g/mol. The maximum atomic E-state index is 12.5. The molecule has 0 unspecified atom stereocenters.